The average molecular weight is 249 g/mol. The molecular weight excluding hydrogens is 230 g/mol. The van der Waals surface area contributed by atoms with Gasteiger partial charge in [0.1, 0.15) is 5.82 Å². The third kappa shape index (κ3) is 3.70. The number of likely N-dealkylation sites (tertiary alicyclic amines) is 1. The molecule has 1 fully saturated rings. The van der Waals surface area contributed by atoms with Gasteiger partial charge in [0.15, 0.2) is 0 Å². The van der Waals surface area contributed by atoms with Gasteiger partial charge in [0.25, 0.3) is 0 Å². The largest absolute Gasteiger partial charge is 0.478 e. The minimum absolute atomic E-state index is 0.220. The number of nitrogens with one attached hydrogen (secondary N) is 1. The van der Waals surface area contributed by atoms with Gasteiger partial charge in [-0.2, -0.15) is 0 Å². The van der Waals surface area contributed by atoms with E-state index in [0.29, 0.717) is 0 Å². The van der Waals surface area contributed by atoms with Crippen LogP contribution in [-0.2, 0) is 0 Å². The van der Waals surface area contributed by atoms with Crippen LogP contribution in [0, 0.1) is 0 Å². The number of anilines is 1. The SMILES string of the molecule is O=C(O)c1ccc(NCCCN2CCCC2)nc1. The first kappa shape index (κ1) is 12.8. The Morgan fingerprint density at radius 2 is 2.17 bits per heavy atom. The molecule has 0 spiro atoms. The van der Waals surface area contributed by atoms with Crippen LogP contribution in [0.3, 0.4) is 0 Å². The molecule has 0 atom stereocenters. The molecule has 0 radical (unpaired) electrons. The second kappa shape index (κ2) is 6.35. The third-order valence-electron chi connectivity index (χ3n) is 3.17. The van der Waals surface area contributed by atoms with E-state index in [2.05, 4.69) is 15.2 Å². The van der Waals surface area contributed by atoms with Crippen LogP contribution in [0.15, 0.2) is 18.3 Å². The molecule has 1 aromatic heterocycles. The molecule has 0 aliphatic carbocycles. The number of aromatic carboxylic acids is 1. The first-order valence-electron chi connectivity index (χ1n) is 6.41. The number of carboxylic acids is 1. The highest BCUT2D eigenvalue weighted by atomic mass is 16.4. The first-order chi connectivity index (χ1) is 8.75. The van der Waals surface area contributed by atoms with Crippen molar-refractivity contribution in [2.24, 2.45) is 0 Å². The van der Waals surface area contributed by atoms with Crippen LogP contribution < -0.4 is 5.32 Å². The molecule has 5 heteroatoms. The summed E-state index contributed by atoms with van der Waals surface area (Å²) in [6, 6.07) is 3.28. The Morgan fingerprint density at radius 3 is 2.78 bits per heavy atom. The van der Waals surface area contributed by atoms with Crippen LogP contribution in [0.4, 0.5) is 5.82 Å². The van der Waals surface area contributed by atoms with Crippen LogP contribution in [0.2, 0.25) is 0 Å². The van der Waals surface area contributed by atoms with Crippen molar-refractivity contribution in [1.82, 2.24) is 9.88 Å². The topological polar surface area (TPSA) is 65.5 Å². The van der Waals surface area contributed by atoms with Gasteiger partial charge in [-0.15, -0.1) is 0 Å². The zero-order valence-electron chi connectivity index (χ0n) is 10.4. The molecule has 2 N–H and O–H groups in total. The fraction of sp³-hybridized carbons (Fsp3) is 0.538. The lowest BCUT2D eigenvalue weighted by atomic mass is 10.3. The lowest BCUT2D eigenvalue weighted by Crippen LogP contribution is -2.22. The summed E-state index contributed by atoms with van der Waals surface area (Å²) >= 11 is 0. The van der Waals surface area contributed by atoms with Gasteiger partial charge in [0.2, 0.25) is 0 Å². The molecule has 0 aromatic carbocycles. The van der Waals surface area contributed by atoms with Gasteiger partial charge in [0, 0.05) is 12.7 Å². The highest BCUT2D eigenvalue weighted by Gasteiger charge is 2.10. The monoisotopic (exact) mass is 249 g/mol. The van der Waals surface area contributed by atoms with Crippen LogP contribution in [0.5, 0.6) is 0 Å². The highest BCUT2D eigenvalue weighted by molar-refractivity contribution is 5.87. The molecule has 2 rings (SSSR count). The number of nitrogens with zero attached hydrogens (tertiary/aromatic N) is 2. The van der Waals surface area contributed by atoms with Crippen molar-refractivity contribution in [2.45, 2.75) is 19.3 Å². The summed E-state index contributed by atoms with van der Waals surface area (Å²) in [6.07, 6.45) is 5.12. The quantitative estimate of drug-likeness (QED) is 0.751. The highest BCUT2D eigenvalue weighted by Crippen LogP contribution is 2.08. The van der Waals surface area contributed by atoms with E-state index in [1.54, 1.807) is 12.1 Å². The molecule has 5 nitrogen and oxygen atoms in total. The van der Waals surface area contributed by atoms with Gasteiger partial charge < -0.3 is 15.3 Å². The molecule has 0 saturated carbocycles. The Balaban J connectivity index is 1.68. The van der Waals surface area contributed by atoms with Gasteiger partial charge in [-0.05, 0) is 51.0 Å². The Labute approximate surface area is 107 Å². The van der Waals surface area contributed by atoms with Gasteiger partial charge in [-0.3, -0.25) is 0 Å². The zero-order valence-corrected chi connectivity index (χ0v) is 10.4. The Hall–Kier alpha value is -1.62. The maximum atomic E-state index is 10.7. The van der Waals surface area contributed by atoms with Crippen LogP contribution in [-0.4, -0.2) is 47.1 Å². The minimum atomic E-state index is -0.942. The lowest BCUT2D eigenvalue weighted by Gasteiger charge is -2.14. The van der Waals surface area contributed by atoms with Gasteiger partial charge in [-0.25, -0.2) is 9.78 Å². The van der Waals surface area contributed by atoms with E-state index in [0.717, 1.165) is 25.3 Å². The molecule has 1 aliphatic rings. The molecule has 0 unspecified atom stereocenters. The number of hydrogen-bond donors (Lipinski definition) is 2. The molecular formula is C13H19N3O2. The molecule has 2 heterocycles. The maximum absolute atomic E-state index is 10.7. The second-order valence-electron chi connectivity index (χ2n) is 4.57. The molecule has 0 bridgehead atoms. The van der Waals surface area contributed by atoms with E-state index in [-0.39, 0.29) is 5.56 Å². The number of carboxylic acid groups (broad SMARTS) is 1. The first-order valence-corrected chi connectivity index (χ1v) is 6.41. The summed E-state index contributed by atoms with van der Waals surface area (Å²) in [6.45, 7) is 4.45. The smallest absolute Gasteiger partial charge is 0.337 e. The van der Waals surface area contributed by atoms with Gasteiger partial charge in [0.05, 0.1) is 5.56 Å². The number of rotatable bonds is 6. The van der Waals surface area contributed by atoms with Crippen LogP contribution in [0.25, 0.3) is 0 Å². The summed E-state index contributed by atoms with van der Waals surface area (Å²) in [5, 5.41) is 11.9. The van der Waals surface area contributed by atoms with Crippen molar-refractivity contribution in [1.29, 1.82) is 0 Å². The zero-order chi connectivity index (χ0) is 12.8. The van der Waals surface area contributed by atoms with E-state index in [1.807, 2.05) is 0 Å². The number of carbonyl (C=O) groups is 1. The van der Waals surface area contributed by atoms with Crippen LogP contribution in [0.1, 0.15) is 29.6 Å². The van der Waals surface area contributed by atoms with E-state index in [4.69, 9.17) is 5.11 Å². The van der Waals surface area contributed by atoms with Crippen molar-refractivity contribution in [3.63, 3.8) is 0 Å². The maximum Gasteiger partial charge on any atom is 0.337 e. The van der Waals surface area contributed by atoms with Crippen LogP contribution >= 0.6 is 0 Å². The van der Waals surface area contributed by atoms with E-state index in [9.17, 15) is 4.79 Å². The summed E-state index contributed by atoms with van der Waals surface area (Å²) in [7, 11) is 0. The predicted octanol–water partition coefficient (Wildman–Crippen LogP) is 1.68. The Bertz CT molecular complexity index is 386. The molecule has 98 valence electrons. The van der Waals surface area contributed by atoms with Crippen molar-refractivity contribution in [2.75, 3.05) is 31.5 Å². The van der Waals surface area contributed by atoms with Crippen molar-refractivity contribution in [3.8, 4) is 0 Å². The molecule has 1 aliphatic heterocycles. The Kier molecular flexibility index (Phi) is 4.52. The third-order valence-corrected chi connectivity index (χ3v) is 3.17. The van der Waals surface area contributed by atoms with Crippen molar-refractivity contribution >= 4 is 11.8 Å². The molecule has 1 aromatic rings. The van der Waals surface area contributed by atoms with Gasteiger partial charge in [-0.1, -0.05) is 0 Å². The van der Waals surface area contributed by atoms with Crippen molar-refractivity contribution in [3.05, 3.63) is 23.9 Å². The molecule has 18 heavy (non-hydrogen) atoms. The molecule has 0 amide bonds. The summed E-state index contributed by atoms with van der Waals surface area (Å²) in [5.74, 6) is -0.204. The number of hydrogen-bond acceptors (Lipinski definition) is 4. The summed E-state index contributed by atoms with van der Waals surface area (Å²) in [5.41, 5.74) is 0.220. The summed E-state index contributed by atoms with van der Waals surface area (Å²) < 4.78 is 0. The summed E-state index contributed by atoms with van der Waals surface area (Å²) in [4.78, 5) is 17.2. The fourth-order valence-electron chi connectivity index (χ4n) is 2.15. The second-order valence-corrected chi connectivity index (χ2v) is 4.57. The van der Waals surface area contributed by atoms with E-state index in [1.165, 1.54) is 32.1 Å². The van der Waals surface area contributed by atoms with Crippen molar-refractivity contribution < 1.29 is 9.90 Å². The fourth-order valence-corrected chi connectivity index (χ4v) is 2.15. The van der Waals surface area contributed by atoms with Gasteiger partial charge >= 0.3 is 5.97 Å². The predicted molar refractivity (Wildman–Crippen MR) is 70.0 cm³/mol. The van der Waals surface area contributed by atoms with E-state index >= 15 is 0 Å². The standard InChI is InChI=1S/C13H19N3O2/c17-13(18)11-4-5-12(15-10-11)14-6-3-9-16-7-1-2-8-16/h4-5,10H,1-3,6-9H2,(H,14,15)(H,17,18). The minimum Gasteiger partial charge on any atom is -0.478 e. The normalized spacial score (nSPS) is 15.8. The Morgan fingerprint density at radius 1 is 1.39 bits per heavy atom. The number of pyridine rings is 1. The van der Waals surface area contributed by atoms with E-state index < -0.39 is 5.97 Å². The average Bonchev–Trinajstić information content (AvgIpc) is 2.88. The lowest BCUT2D eigenvalue weighted by molar-refractivity contribution is 0.0696. The molecule has 1 saturated heterocycles. The number of aromatic nitrogens is 1.